The molecule has 0 aliphatic carbocycles. The van der Waals surface area contributed by atoms with Crippen LogP contribution in [-0.4, -0.2) is 19.1 Å². The number of sulfonamides is 1. The molecule has 82 valence electrons. The highest BCUT2D eigenvalue weighted by Gasteiger charge is 2.47. The molecule has 15 heavy (non-hydrogen) atoms. The largest absolute Gasteiger partial charge is 0.254 e. The van der Waals surface area contributed by atoms with Crippen LogP contribution in [0.4, 0.5) is 0 Å². The molecule has 0 radical (unpaired) electrons. The van der Waals surface area contributed by atoms with Crippen molar-refractivity contribution in [2.75, 3.05) is 6.26 Å². The Morgan fingerprint density at radius 1 is 1.33 bits per heavy atom. The van der Waals surface area contributed by atoms with Crippen molar-refractivity contribution in [3.05, 3.63) is 33.8 Å². The van der Waals surface area contributed by atoms with Gasteiger partial charge >= 0.3 is 0 Å². The van der Waals surface area contributed by atoms with Gasteiger partial charge in [0.15, 0.2) is 6.23 Å². The standard InChI is InChI=1S/C8H7Cl2NO3S/c1-15(12,13)11-8(14-11)7-5(9)3-2-4-6(7)10/h2-4,8H,1H3. The Morgan fingerprint density at radius 2 is 1.87 bits per heavy atom. The SMILES string of the molecule is CS(=O)(=O)N1OC1c1c(Cl)cccc1Cl. The highest BCUT2D eigenvalue weighted by molar-refractivity contribution is 7.88. The minimum absolute atomic E-state index is 0.388. The number of rotatable bonds is 2. The van der Waals surface area contributed by atoms with Gasteiger partial charge in [-0.25, -0.2) is 8.42 Å². The maximum absolute atomic E-state index is 11.1. The maximum atomic E-state index is 11.1. The van der Waals surface area contributed by atoms with E-state index >= 15 is 0 Å². The van der Waals surface area contributed by atoms with Crippen LogP contribution in [0.2, 0.25) is 10.0 Å². The van der Waals surface area contributed by atoms with Crippen molar-refractivity contribution in [2.45, 2.75) is 6.23 Å². The lowest BCUT2D eigenvalue weighted by Crippen LogP contribution is -2.09. The molecule has 0 N–H and O–H groups in total. The Balaban J connectivity index is 2.35. The summed E-state index contributed by atoms with van der Waals surface area (Å²) < 4.78 is 23.1. The fourth-order valence-corrected chi connectivity index (χ4v) is 2.50. The van der Waals surface area contributed by atoms with Crippen LogP contribution in [0, 0.1) is 0 Å². The van der Waals surface area contributed by atoms with E-state index in [4.69, 9.17) is 28.0 Å². The monoisotopic (exact) mass is 267 g/mol. The average molecular weight is 268 g/mol. The van der Waals surface area contributed by atoms with E-state index in [-0.39, 0.29) is 0 Å². The van der Waals surface area contributed by atoms with Crippen LogP contribution in [0.1, 0.15) is 11.8 Å². The predicted octanol–water partition coefficient (Wildman–Crippen LogP) is 2.20. The molecule has 2 atom stereocenters. The molecule has 0 saturated carbocycles. The molecule has 0 bridgehead atoms. The molecule has 1 aromatic rings. The van der Waals surface area contributed by atoms with Crippen molar-refractivity contribution in [2.24, 2.45) is 0 Å². The smallest absolute Gasteiger partial charge is 0.236 e. The zero-order valence-electron chi connectivity index (χ0n) is 7.65. The van der Waals surface area contributed by atoms with Gasteiger partial charge in [0.05, 0.1) is 6.26 Å². The van der Waals surface area contributed by atoms with Crippen LogP contribution in [0.25, 0.3) is 0 Å². The summed E-state index contributed by atoms with van der Waals surface area (Å²) >= 11 is 11.8. The van der Waals surface area contributed by atoms with E-state index in [9.17, 15) is 8.42 Å². The van der Waals surface area contributed by atoms with Crippen molar-refractivity contribution in [3.63, 3.8) is 0 Å². The quantitative estimate of drug-likeness (QED) is 0.772. The van der Waals surface area contributed by atoms with Crippen molar-refractivity contribution < 1.29 is 13.3 Å². The molecule has 7 heteroatoms. The van der Waals surface area contributed by atoms with E-state index in [1.54, 1.807) is 18.2 Å². The second-order valence-corrected chi connectivity index (χ2v) is 5.75. The summed E-state index contributed by atoms with van der Waals surface area (Å²) in [7, 11) is -3.37. The van der Waals surface area contributed by atoms with Crippen LogP contribution < -0.4 is 0 Å². The average Bonchev–Trinajstić information content (AvgIpc) is 2.82. The van der Waals surface area contributed by atoms with Crippen LogP contribution in [-0.2, 0) is 14.9 Å². The fourth-order valence-electron chi connectivity index (χ4n) is 1.23. The van der Waals surface area contributed by atoms with Gasteiger partial charge in [0.1, 0.15) is 0 Å². The van der Waals surface area contributed by atoms with Gasteiger partial charge in [-0.1, -0.05) is 29.3 Å². The lowest BCUT2D eigenvalue weighted by Gasteiger charge is -2.01. The number of benzene rings is 1. The summed E-state index contributed by atoms with van der Waals surface area (Å²) in [6.07, 6.45) is 0.360. The summed E-state index contributed by atoms with van der Waals surface area (Å²) in [4.78, 5) is 4.91. The molecule has 1 fully saturated rings. The second kappa shape index (κ2) is 3.61. The van der Waals surface area contributed by atoms with Crippen LogP contribution in [0.3, 0.4) is 0 Å². The van der Waals surface area contributed by atoms with E-state index in [0.29, 0.717) is 15.6 Å². The van der Waals surface area contributed by atoms with E-state index in [1.807, 2.05) is 0 Å². The lowest BCUT2D eigenvalue weighted by molar-refractivity contribution is 0.284. The van der Waals surface area contributed by atoms with Crippen LogP contribution in [0.5, 0.6) is 0 Å². The first-order valence-corrected chi connectivity index (χ1v) is 6.62. The lowest BCUT2D eigenvalue weighted by atomic mass is 10.2. The highest BCUT2D eigenvalue weighted by atomic mass is 35.5. The molecule has 1 saturated heterocycles. The molecule has 1 aliphatic rings. The van der Waals surface area contributed by atoms with Crippen molar-refractivity contribution >= 4 is 33.2 Å². The summed E-state index contributed by atoms with van der Waals surface area (Å²) in [5.74, 6) is 0. The van der Waals surface area contributed by atoms with Crippen LogP contribution in [0.15, 0.2) is 18.2 Å². The van der Waals surface area contributed by atoms with Crippen molar-refractivity contribution in [1.82, 2.24) is 4.47 Å². The first kappa shape index (κ1) is 11.2. The number of nitrogens with zero attached hydrogens (tertiary/aromatic N) is 1. The third-order valence-corrected chi connectivity index (χ3v) is 3.51. The Kier molecular flexibility index (Phi) is 2.68. The third kappa shape index (κ3) is 2.11. The van der Waals surface area contributed by atoms with Crippen molar-refractivity contribution in [1.29, 1.82) is 0 Å². The number of halogens is 2. The molecular weight excluding hydrogens is 261 g/mol. The second-order valence-electron chi connectivity index (χ2n) is 3.11. The van der Waals surface area contributed by atoms with Gasteiger partial charge < -0.3 is 0 Å². The van der Waals surface area contributed by atoms with Gasteiger partial charge in [0.2, 0.25) is 10.0 Å². The minimum atomic E-state index is -3.37. The molecule has 1 aliphatic heterocycles. The molecular formula is C8H7Cl2NO3S. The molecule has 1 heterocycles. The predicted molar refractivity (Wildman–Crippen MR) is 57.0 cm³/mol. The fraction of sp³-hybridized carbons (Fsp3) is 0.250. The Labute approximate surface area is 97.4 Å². The summed E-state index contributed by atoms with van der Waals surface area (Å²) in [5, 5.41) is 0.775. The van der Waals surface area contributed by atoms with Gasteiger partial charge in [-0.05, 0) is 16.6 Å². The maximum Gasteiger partial charge on any atom is 0.236 e. The molecule has 0 aromatic heterocycles. The zero-order valence-corrected chi connectivity index (χ0v) is 9.97. The first-order valence-electron chi connectivity index (χ1n) is 4.01. The molecule has 1 aromatic carbocycles. The van der Waals surface area contributed by atoms with E-state index in [1.165, 1.54) is 0 Å². The Hall–Kier alpha value is -0.330. The van der Waals surface area contributed by atoms with E-state index in [0.717, 1.165) is 10.7 Å². The normalized spacial score (nSPS) is 25.3. The van der Waals surface area contributed by atoms with Gasteiger partial charge in [-0.2, -0.15) is 0 Å². The van der Waals surface area contributed by atoms with Gasteiger partial charge in [-0.15, -0.1) is 0 Å². The minimum Gasteiger partial charge on any atom is -0.254 e. The molecule has 2 unspecified atom stereocenters. The van der Waals surface area contributed by atoms with Crippen molar-refractivity contribution in [3.8, 4) is 0 Å². The van der Waals surface area contributed by atoms with Crippen LogP contribution >= 0.6 is 23.2 Å². The van der Waals surface area contributed by atoms with E-state index in [2.05, 4.69) is 0 Å². The van der Waals surface area contributed by atoms with Gasteiger partial charge in [0.25, 0.3) is 0 Å². The number of hydrogen-bond acceptors (Lipinski definition) is 3. The number of hydroxylamine groups is 1. The topological polar surface area (TPSA) is 49.7 Å². The molecule has 0 amide bonds. The van der Waals surface area contributed by atoms with Gasteiger partial charge in [0, 0.05) is 15.6 Å². The van der Waals surface area contributed by atoms with Gasteiger partial charge in [-0.3, -0.25) is 4.84 Å². The summed E-state index contributed by atoms with van der Waals surface area (Å²) in [6.45, 7) is 0. The summed E-state index contributed by atoms with van der Waals surface area (Å²) in [6, 6.07) is 4.94. The molecule has 0 spiro atoms. The molecule has 2 rings (SSSR count). The molecule has 4 nitrogen and oxygen atoms in total. The zero-order chi connectivity index (χ0) is 11.2. The third-order valence-electron chi connectivity index (χ3n) is 1.92. The number of hydrogen-bond donors (Lipinski definition) is 0. The first-order chi connectivity index (χ1) is 6.91. The van der Waals surface area contributed by atoms with E-state index < -0.39 is 16.3 Å². The Bertz CT molecular complexity index is 482. The Morgan fingerprint density at radius 3 is 2.27 bits per heavy atom. The highest BCUT2D eigenvalue weighted by Crippen LogP contribution is 2.45. The summed E-state index contributed by atoms with van der Waals surface area (Å²) in [5.41, 5.74) is 0.478.